The van der Waals surface area contributed by atoms with Crippen molar-refractivity contribution in [1.82, 2.24) is 4.90 Å². The zero-order chi connectivity index (χ0) is 26.4. The Balaban J connectivity index is 1.68. The third-order valence-corrected chi connectivity index (χ3v) is 6.00. The highest BCUT2D eigenvalue weighted by Crippen LogP contribution is 2.40. The summed E-state index contributed by atoms with van der Waals surface area (Å²) in [7, 11) is 1.53. The molecule has 0 bridgehead atoms. The van der Waals surface area contributed by atoms with Gasteiger partial charge in [0.1, 0.15) is 23.9 Å². The van der Waals surface area contributed by atoms with Crippen molar-refractivity contribution < 1.29 is 28.9 Å². The minimum absolute atomic E-state index is 0.0285. The van der Waals surface area contributed by atoms with Gasteiger partial charge in [-0.3, -0.25) is 9.59 Å². The number of carbonyl (C=O) groups excluding carboxylic acids is 2. The van der Waals surface area contributed by atoms with Gasteiger partial charge in [0.25, 0.3) is 11.7 Å². The van der Waals surface area contributed by atoms with Gasteiger partial charge >= 0.3 is 0 Å². The van der Waals surface area contributed by atoms with Gasteiger partial charge in [0.15, 0.2) is 0 Å². The summed E-state index contributed by atoms with van der Waals surface area (Å²) in [5, 5.41) is 11.3. The third kappa shape index (κ3) is 6.01. The third-order valence-electron chi connectivity index (χ3n) is 6.00. The van der Waals surface area contributed by atoms with E-state index in [9.17, 15) is 14.7 Å². The molecular formula is C30H31NO6. The number of amides is 1. The molecule has 7 nitrogen and oxygen atoms in total. The molecule has 1 amide bonds. The van der Waals surface area contributed by atoms with Crippen LogP contribution in [0.4, 0.5) is 0 Å². The molecule has 37 heavy (non-hydrogen) atoms. The summed E-state index contributed by atoms with van der Waals surface area (Å²) < 4.78 is 16.8. The predicted molar refractivity (Wildman–Crippen MR) is 140 cm³/mol. The topological polar surface area (TPSA) is 85.3 Å². The molecule has 1 atom stereocenters. The molecule has 0 aromatic heterocycles. The summed E-state index contributed by atoms with van der Waals surface area (Å²) in [5.41, 5.74) is 2.15. The second-order valence-electron chi connectivity index (χ2n) is 9.02. The highest BCUT2D eigenvalue weighted by molar-refractivity contribution is 6.46. The van der Waals surface area contributed by atoms with Gasteiger partial charge in [0, 0.05) is 19.2 Å². The van der Waals surface area contributed by atoms with E-state index < -0.39 is 17.7 Å². The molecule has 0 radical (unpaired) electrons. The Bertz CT molecular complexity index is 1270. The number of carbonyl (C=O) groups is 2. The van der Waals surface area contributed by atoms with Gasteiger partial charge in [0.05, 0.1) is 24.3 Å². The van der Waals surface area contributed by atoms with E-state index in [1.807, 2.05) is 56.3 Å². The Morgan fingerprint density at radius 1 is 0.946 bits per heavy atom. The number of aliphatic hydroxyl groups excluding tert-OH is 1. The maximum absolute atomic E-state index is 13.2. The van der Waals surface area contributed by atoms with Gasteiger partial charge in [-0.2, -0.15) is 0 Å². The molecule has 192 valence electrons. The number of methoxy groups -OCH3 is 1. The van der Waals surface area contributed by atoms with Crippen LogP contribution < -0.4 is 9.47 Å². The average molecular weight is 502 g/mol. The molecule has 1 fully saturated rings. The van der Waals surface area contributed by atoms with Crippen molar-refractivity contribution in [3.8, 4) is 11.5 Å². The molecule has 1 heterocycles. The van der Waals surface area contributed by atoms with Crippen LogP contribution in [-0.4, -0.2) is 48.1 Å². The SMILES string of the molecule is COCCN1C(=O)C(=O)/C(=C(\O)c2cccc(OC(C)C)c2)C1c1ccc(OCc2ccccc2)cc1. The quantitative estimate of drug-likeness (QED) is 0.236. The Labute approximate surface area is 216 Å². The molecule has 3 aromatic rings. The van der Waals surface area contributed by atoms with Gasteiger partial charge in [-0.25, -0.2) is 0 Å². The fraction of sp³-hybridized carbons (Fsp3) is 0.267. The highest BCUT2D eigenvalue weighted by Gasteiger charge is 2.45. The van der Waals surface area contributed by atoms with Crippen molar-refractivity contribution in [2.24, 2.45) is 0 Å². The van der Waals surface area contributed by atoms with E-state index in [0.29, 0.717) is 29.2 Å². The van der Waals surface area contributed by atoms with Crippen molar-refractivity contribution in [2.75, 3.05) is 20.3 Å². The van der Waals surface area contributed by atoms with Crippen LogP contribution in [0.25, 0.3) is 5.76 Å². The molecular weight excluding hydrogens is 470 g/mol. The minimum Gasteiger partial charge on any atom is -0.507 e. The first-order valence-corrected chi connectivity index (χ1v) is 12.2. The first-order chi connectivity index (χ1) is 17.9. The van der Waals surface area contributed by atoms with Gasteiger partial charge in [-0.05, 0) is 49.2 Å². The van der Waals surface area contributed by atoms with Crippen molar-refractivity contribution in [1.29, 1.82) is 0 Å². The molecule has 4 rings (SSSR count). The molecule has 7 heteroatoms. The lowest BCUT2D eigenvalue weighted by Gasteiger charge is -2.25. The van der Waals surface area contributed by atoms with E-state index in [1.165, 1.54) is 12.0 Å². The predicted octanol–water partition coefficient (Wildman–Crippen LogP) is 5.12. The van der Waals surface area contributed by atoms with E-state index in [-0.39, 0.29) is 30.6 Å². The fourth-order valence-electron chi connectivity index (χ4n) is 4.28. The van der Waals surface area contributed by atoms with Crippen LogP contribution in [-0.2, 0) is 20.9 Å². The summed E-state index contributed by atoms with van der Waals surface area (Å²) in [6.07, 6.45) is -0.0559. The number of nitrogens with zero attached hydrogens (tertiary/aromatic N) is 1. The Morgan fingerprint density at radius 3 is 2.35 bits per heavy atom. The lowest BCUT2D eigenvalue weighted by molar-refractivity contribution is -0.140. The molecule has 1 aliphatic heterocycles. The molecule has 0 aliphatic carbocycles. The van der Waals surface area contributed by atoms with Gasteiger partial charge < -0.3 is 24.2 Å². The molecule has 1 unspecified atom stereocenters. The smallest absolute Gasteiger partial charge is 0.295 e. The molecule has 3 aromatic carbocycles. The number of rotatable bonds is 10. The number of hydrogen-bond donors (Lipinski definition) is 1. The minimum atomic E-state index is -0.770. The number of aliphatic hydroxyl groups is 1. The van der Waals surface area contributed by atoms with Gasteiger partial charge in [-0.15, -0.1) is 0 Å². The molecule has 1 N–H and O–H groups in total. The van der Waals surface area contributed by atoms with Crippen molar-refractivity contribution in [2.45, 2.75) is 32.6 Å². The lowest BCUT2D eigenvalue weighted by atomic mass is 9.95. The highest BCUT2D eigenvalue weighted by atomic mass is 16.5. The number of benzene rings is 3. The van der Waals surface area contributed by atoms with Crippen molar-refractivity contribution >= 4 is 17.4 Å². The van der Waals surface area contributed by atoms with E-state index in [2.05, 4.69) is 0 Å². The Hall–Kier alpha value is -4.10. The van der Waals surface area contributed by atoms with E-state index in [4.69, 9.17) is 14.2 Å². The number of ether oxygens (including phenoxy) is 3. The zero-order valence-corrected chi connectivity index (χ0v) is 21.2. The molecule has 0 saturated carbocycles. The maximum Gasteiger partial charge on any atom is 0.295 e. The Morgan fingerprint density at radius 2 is 1.68 bits per heavy atom. The molecule has 1 saturated heterocycles. The Kier molecular flexibility index (Phi) is 8.25. The van der Waals surface area contributed by atoms with E-state index in [0.717, 1.165) is 5.56 Å². The summed E-state index contributed by atoms with van der Waals surface area (Å²) in [6.45, 7) is 4.67. The monoisotopic (exact) mass is 501 g/mol. The maximum atomic E-state index is 13.2. The normalized spacial score (nSPS) is 16.9. The number of ketones is 1. The van der Waals surface area contributed by atoms with Crippen LogP contribution in [0.15, 0.2) is 84.4 Å². The van der Waals surface area contributed by atoms with Crippen molar-refractivity contribution in [3.63, 3.8) is 0 Å². The van der Waals surface area contributed by atoms with Gasteiger partial charge in [-0.1, -0.05) is 54.6 Å². The van der Waals surface area contributed by atoms with E-state index >= 15 is 0 Å². The zero-order valence-electron chi connectivity index (χ0n) is 21.2. The van der Waals surface area contributed by atoms with Crippen molar-refractivity contribution in [3.05, 3.63) is 101 Å². The lowest BCUT2D eigenvalue weighted by Crippen LogP contribution is -2.32. The number of hydrogen-bond acceptors (Lipinski definition) is 6. The largest absolute Gasteiger partial charge is 0.507 e. The fourth-order valence-corrected chi connectivity index (χ4v) is 4.28. The average Bonchev–Trinajstić information content (AvgIpc) is 3.16. The number of Topliss-reactive ketones (excluding diaryl/α,β-unsaturated/α-hetero) is 1. The summed E-state index contributed by atoms with van der Waals surface area (Å²) in [5.74, 6) is -0.452. The van der Waals surface area contributed by atoms with Gasteiger partial charge in [0.2, 0.25) is 0 Å². The van der Waals surface area contributed by atoms with Crippen LogP contribution in [0, 0.1) is 0 Å². The summed E-state index contributed by atoms with van der Waals surface area (Å²) in [6, 6.07) is 23.1. The first kappa shape index (κ1) is 26.0. The second kappa shape index (κ2) is 11.8. The van der Waals surface area contributed by atoms with Crippen LogP contribution in [0.5, 0.6) is 11.5 Å². The van der Waals surface area contributed by atoms with Crippen LogP contribution in [0.3, 0.4) is 0 Å². The first-order valence-electron chi connectivity index (χ1n) is 12.2. The van der Waals surface area contributed by atoms with E-state index in [1.54, 1.807) is 36.4 Å². The van der Waals surface area contributed by atoms with Crippen LogP contribution in [0.1, 0.15) is 36.6 Å². The second-order valence-corrected chi connectivity index (χ2v) is 9.02. The number of likely N-dealkylation sites (tertiary alicyclic amines) is 1. The standard InChI is InChI=1S/C30H31NO6/c1-20(2)37-25-11-7-10-23(18-25)28(32)26-27(31(16-17-35-3)30(34)29(26)33)22-12-14-24(15-13-22)36-19-21-8-5-4-6-9-21/h4-15,18,20,27,32H,16-17,19H2,1-3H3/b28-26-. The van der Waals surface area contributed by atoms with Crippen LogP contribution in [0.2, 0.25) is 0 Å². The summed E-state index contributed by atoms with van der Waals surface area (Å²) in [4.78, 5) is 27.6. The van der Waals surface area contributed by atoms with Crippen LogP contribution >= 0.6 is 0 Å². The summed E-state index contributed by atoms with van der Waals surface area (Å²) >= 11 is 0. The molecule has 1 aliphatic rings. The molecule has 0 spiro atoms.